The first-order chi connectivity index (χ1) is 12.1. The zero-order valence-corrected chi connectivity index (χ0v) is 14.7. The van der Waals surface area contributed by atoms with Crippen molar-refractivity contribution in [3.8, 4) is 33.9 Å². The van der Waals surface area contributed by atoms with E-state index in [1.54, 1.807) is 6.07 Å². The highest BCUT2D eigenvalue weighted by Crippen LogP contribution is 2.40. The zero-order valence-electron chi connectivity index (χ0n) is 13.2. The summed E-state index contributed by atoms with van der Waals surface area (Å²) in [6.45, 7) is 2.05. The molecule has 0 atom stereocenters. The van der Waals surface area contributed by atoms with Crippen molar-refractivity contribution in [3.05, 3.63) is 64.1 Å². The minimum Gasteiger partial charge on any atom is -0.351 e. The lowest BCUT2D eigenvalue weighted by Crippen LogP contribution is -1.87. The quantitative estimate of drug-likeness (QED) is 0.524. The lowest BCUT2D eigenvalue weighted by molar-refractivity contribution is 0.881. The highest BCUT2D eigenvalue weighted by atomic mass is 35.5. The van der Waals surface area contributed by atoms with Crippen LogP contribution in [0.2, 0.25) is 10.0 Å². The van der Waals surface area contributed by atoms with Gasteiger partial charge in [-0.05, 0) is 52.2 Å². The van der Waals surface area contributed by atoms with E-state index in [0.717, 1.165) is 33.6 Å². The maximum Gasteiger partial charge on any atom is 0.196 e. The topological polar surface area (TPSA) is 70.2 Å². The van der Waals surface area contributed by atoms with Crippen molar-refractivity contribution >= 4 is 23.2 Å². The van der Waals surface area contributed by atoms with Crippen LogP contribution in [-0.2, 0) is 0 Å². The Kier molecular flexibility index (Phi) is 4.03. The van der Waals surface area contributed by atoms with Crippen LogP contribution in [0.4, 0.5) is 0 Å². The Bertz CT molecular complexity index is 1000. The molecule has 0 spiro atoms. The van der Waals surface area contributed by atoms with E-state index in [-0.39, 0.29) is 0 Å². The lowest BCUT2D eigenvalue weighted by atomic mass is 9.99. The molecular formula is C18H13Cl2N5. The third kappa shape index (κ3) is 2.92. The van der Waals surface area contributed by atoms with Gasteiger partial charge >= 0.3 is 0 Å². The predicted octanol–water partition coefficient (Wildman–Crippen LogP) is 5.14. The van der Waals surface area contributed by atoms with Crippen molar-refractivity contribution in [2.24, 2.45) is 0 Å². The first-order valence-corrected chi connectivity index (χ1v) is 8.37. The zero-order chi connectivity index (χ0) is 17.4. The van der Waals surface area contributed by atoms with Crippen LogP contribution in [0.1, 0.15) is 5.56 Å². The maximum absolute atomic E-state index is 6.21. The number of tetrazole rings is 1. The molecule has 4 aromatic rings. The van der Waals surface area contributed by atoms with Gasteiger partial charge in [0.25, 0.3) is 0 Å². The van der Waals surface area contributed by atoms with E-state index in [0.29, 0.717) is 15.9 Å². The number of benzene rings is 2. The molecule has 0 radical (unpaired) electrons. The molecule has 0 amide bonds. The molecule has 0 fully saturated rings. The van der Waals surface area contributed by atoms with Crippen LogP contribution >= 0.6 is 23.2 Å². The molecule has 2 aromatic carbocycles. The highest BCUT2D eigenvalue weighted by Gasteiger charge is 2.20. The number of nitrogens with zero attached hydrogens (tertiary/aromatic N) is 3. The average molecular weight is 370 g/mol. The van der Waals surface area contributed by atoms with Gasteiger partial charge in [0.15, 0.2) is 5.82 Å². The van der Waals surface area contributed by atoms with Crippen LogP contribution in [0.25, 0.3) is 33.9 Å². The van der Waals surface area contributed by atoms with E-state index in [1.165, 1.54) is 0 Å². The summed E-state index contributed by atoms with van der Waals surface area (Å²) in [4.78, 5) is 3.45. The fourth-order valence-corrected chi connectivity index (χ4v) is 3.51. The minimum atomic E-state index is 0.552. The van der Waals surface area contributed by atoms with Gasteiger partial charge in [-0.1, -0.05) is 53.5 Å². The van der Waals surface area contributed by atoms with Crippen molar-refractivity contribution in [1.82, 2.24) is 25.6 Å². The third-order valence-electron chi connectivity index (χ3n) is 4.05. The second-order valence-electron chi connectivity index (χ2n) is 5.65. The smallest absolute Gasteiger partial charge is 0.196 e. The molecule has 0 bridgehead atoms. The first kappa shape index (κ1) is 15.9. The molecule has 2 aromatic heterocycles. The summed E-state index contributed by atoms with van der Waals surface area (Å²) < 4.78 is 0. The SMILES string of the molecule is Cc1c(-c2ccccc2)[nH]c(-c2nnn[nH]2)c1-c1cc(Cl)cc(Cl)c1. The summed E-state index contributed by atoms with van der Waals surface area (Å²) in [6.07, 6.45) is 0. The van der Waals surface area contributed by atoms with Crippen LogP contribution in [0.15, 0.2) is 48.5 Å². The van der Waals surface area contributed by atoms with Crippen LogP contribution < -0.4 is 0 Å². The average Bonchev–Trinajstić information content (AvgIpc) is 3.22. The molecule has 0 saturated carbocycles. The van der Waals surface area contributed by atoms with Gasteiger partial charge in [-0.2, -0.15) is 0 Å². The normalized spacial score (nSPS) is 11.0. The van der Waals surface area contributed by atoms with E-state index in [1.807, 2.05) is 30.3 Å². The summed E-state index contributed by atoms with van der Waals surface area (Å²) in [5.74, 6) is 0.552. The van der Waals surface area contributed by atoms with E-state index in [9.17, 15) is 0 Å². The van der Waals surface area contributed by atoms with Gasteiger partial charge in [0.05, 0.1) is 5.69 Å². The Morgan fingerprint density at radius 3 is 2.24 bits per heavy atom. The molecule has 0 unspecified atom stereocenters. The summed E-state index contributed by atoms with van der Waals surface area (Å²) in [5, 5.41) is 15.4. The molecule has 0 aliphatic rings. The number of H-pyrrole nitrogens is 2. The molecule has 2 heterocycles. The van der Waals surface area contributed by atoms with Crippen molar-refractivity contribution in [2.45, 2.75) is 6.92 Å². The van der Waals surface area contributed by atoms with E-state index < -0.39 is 0 Å². The Balaban J connectivity index is 2.00. The molecule has 2 N–H and O–H groups in total. The molecule has 0 aliphatic carbocycles. The second-order valence-corrected chi connectivity index (χ2v) is 6.52. The Morgan fingerprint density at radius 2 is 1.60 bits per heavy atom. The second kappa shape index (κ2) is 6.35. The molecule has 124 valence electrons. The fraction of sp³-hybridized carbons (Fsp3) is 0.0556. The number of nitrogens with one attached hydrogen (secondary N) is 2. The minimum absolute atomic E-state index is 0.552. The number of hydrogen-bond donors (Lipinski definition) is 2. The number of aromatic amines is 2. The molecule has 5 nitrogen and oxygen atoms in total. The predicted molar refractivity (Wildman–Crippen MR) is 99.6 cm³/mol. The maximum atomic E-state index is 6.21. The summed E-state index contributed by atoms with van der Waals surface area (Å²) >= 11 is 12.4. The molecule has 4 rings (SSSR count). The van der Waals surface area contributed by atoms with E-state index >= 15 is 0 Å². The van der Waals surface area contributed by atoms with Crippen LogP contribution in [-0.4, -0.2) is 25.6 Å². The summed E-state index contributed by atoms with van der Waals surface area (Å²) in [5.41, 5.74) is 5.79. The van der Waals surface area contributed by atoms with Crippen LogP contribution in [0.3, 0.4) is 0 Å². The molecule has 7 heteroatoms. The summed E-state index contributed by atoms with van der Waals surface area (Å²) in [7, 11) is 0. The van der Waals surface area contributed by atoms with Gasteiger partial charge in [0, 0.05) is 21.3 Å². The Labute approximate surface area is 154 Å². The lowest BCUT2D eigenvalue weighted by Gasteiger charge is -2.06. The molecule has 25 heavy (non-hydrogen) atoms. The number of aromatic nitrogens is 5. The van der Waals surface area contributed by atoms with Crippen LogP contribution in [0, 0.1) is 6.92 Å². The van der Waals surface area contributed by atoms with Crippen molar-refractivity contribution < 1.29 is 0 Å². The third-order valence-corrected chi connectivity index (χ3v) is 4.48. The van der Waals surface area contributed by atoms with Crippen molar-refractivity contribution in [1.29, 1.82) is 0 Å². The molecule has 0 aliphatic heterocycles. The van der Waals surface area contributed by atoms with Gasteiger partial charge in [-0.25, -0.2) is 5.10 Å². The monoisotopic (exact) mass is 369 g/mol. The first-order valence-electron chi connectivity index (χ1n) is 7.62. The molecular weight excluding hydrogens is 357 g/mol. The van der Waals surface area contributed by atoms with E-state index in [2.05, 4.69) is 44.7 Å². The van der Waals surface area contributed by atoms with Crippen molar-refractivity contribution in [3.63, 3.8) is 0 Å². The Hall–Kier alpha value is -2.63. The standard InChI is InChI=1S/C18H13Cl2N5/c1-10-15(12-7-13(19)9-14(20)8-12)17(18-22-24-25-23-18)21-16(10)11-5-3-2-4-6-11/h2-9,21H,1H3,(H,22,23,24,25). The van der Waals surface area contributed by atoms with Crippen molar-refractivity contribution in [2.75, 3.05) is 0 Å². The molecule has 0 saturated heterocycles. The van der Waals surface area contributed by atoms with Gasteiger partial charge < -0.3 is 4.98 Å². The fourth-order valence-electron chi connectivity index (χ4n) is 2.99. The number of rotatable bonds is 3. The van der Waals surface area contributed by atoms with Gasteiger partial charge in [-0.3, -0.25) is 0 Å². The van der Waals surface area contributed by atoms with Crippen LogP contribution in [0.5, 0.6) is 0 Å². The highest BCUT2D eigenvalue weighted by molar-refractivity contribution is 6.35. The summed E-state index contributed by atoms with van der Waals surface area (Å²) in [6, 6.07) is 15.6. The number of hydrogen-bond acceptors (Lipinski definition) is 3. The van der Waals surface area contributed by atoms with Gasteiger partial charge in [0.1, 0.15) is 0 Å². The number of halogens is 2. The largest absolute Gasteiger partial charge is 0.351 e. The Morgan fingerprint density at radius 1 is 0.880 bits per heavy atom. The van der Waals surface area contributed by atoms with Gasteiger partial charge in [-0.15, -0.1) is 5.10 Å². The van der Waals surface area contributed by atoms with E-state index in [4.69, 9.17) is 23.2 Å². The van der Waals surface area contributed by atoms with Gasteiger partial charge in [0.2, 0.25) is 0 Å².